The van der Waals surface area contributed by atoms with Crippen LogP contribution in [0.25, 0.3) is 0 Å². The van der Waals surface area contributed by atoms with E-state index in [0.717, 1.165) is 25.7 Å². The van der Waals surface area contributed by atoms with Gasteiger partial charge in [0.1, 0.15) is 0 Å². The van der Waals surface area contributed by atoms with Gasteiger partial charge in [0.25, 0.3) is 0 Å². The average molecular weight is 284 g/mol. The zero-order valence-electron chi connectivity index (χ0n) is 13.8. The Labute approximate surface area is 126 Å². The molecular formula is C18H36O2. The highest BCUT2D eigenvalue weighted by molar-refractivity contribution is 4.79. The number of unbranched alkanes of at least 4 members (excludes halogenated alkanes) is 7. The van der Waals surface area contributed by atoms with Crippen LogP contribution in [-0.4, -0.2) is 23.4 Å². The predicted molar refractivity (Wildman–Crippen MR) is 86.0 cm³/mol. The first-order chi connectivity index (χ1) is 9.77. The summed E-state index contributed by atoms with van der Waals surface area (Å²) in [5, 5.41) is 10.2. The van der Waals surface area contributed by atoms with Gasteiger partial charge in [0.05, 0.1) is 18.3 Å². The van der Waals surface area contributed by atoms with Crippen molar-refractivity contribution in [3.05, 3.63) is 0 Å². The molecule has 1 aliphatic heterocycles. The lowest BCUT2D eigenvalue weighted by atomic mass is 10.0. The molecular weight excluding hydrogens is 248 g/mol. The molecule has 1 heterocycles. The fraction of sp³-hybridized carbons (Fsp3) is 1.00. The van der Waals surface area contributed by atoms with Gasteiger partial charge in [-0.15, -0.1) is 0 Å². The van der Waals surface area contributed by atoms with E-state index in [-0.39, 0.29) is 12.2 Å². The molecule has 0 aromatic heterocycles. The molecule has 120 valence electrons. The summed E-state index contributed by atoms with van der Waals surface area (Å²) in [6.07, 6.45) is 16.3. The van der Waals surface area contributed by atoms with Crippen LogP contribution in [0, 0.1) is 0 Å². The molecule has 0 spiro atoms. The molecule has 2 heteroatoms. The molecule has 1 fully saturated rings. The van der Waals surface area contributed by atoms with Gasteiger partial charge in [0.2, 0.25) is 0 Å². The first kappa shape index (κ1) is 18.0. The lowest BCUT2D eigenvalue weighted by Gasteiger charge is -2.19. The number of hydrogen-bond donors (Lipinski definition) is 1. The Morgan fingerprint density at radius 1 is 0.900 bits per heavy atom. The van der Waals surface area contributed by atoms with E-state index in [9.17, 15) is 5.11 Å². The molecule has 3 atom stereocenters. The van der Waals surface area contributed by atoms with Crippen molar-refractivity contribution in [1.29, 1.82) is 0 Å². The molecule has 0 radical (unpaired) electrons. The summed E-state index contributed by atoms with van der Waals surface area (Å²) >= 11 is 0. The van der Waals surface area contributed by atoms with E-state index in [4.69, 9.17) is 4.74 Å². The Morgan fingerprint density at radius 2 is 1.55 bits per heavy atom. The van der Waals surface area contributed by atoms with Gasteiger partial charge >= 0.3 is 0 Å². The summed E-state index contributed by atoms with van der Waals surface area (Å²) in [6.45, 7) is 4.48. The second kappa shape index (κ2) is 11.6. The minimum atomic E-state index is -0.225. The van der Waals surface area contributed by atoms with Crippen LogP contribution in [0.2, 0.25) is 0 Å². The lowest BCUT2D eigenvalue weighted by molar-refractivity contribution is -0.0401. The molecule has 20 heavy (non-hydrogen) atoms. The van der Waals surface area contributed by atoms with Crippen molar-refractivity contribution in [2.24, 2.45) is 0 Å². The Bertz CT molecular complexity index is 217. The summed E-state index contributed by atoms with van der Waals surface area (Å²) in [5.41, 5.74) is 0. The first-order valence-electron chi connectivity index (χ1n) is 9.11. The second-order valence-corrected chi connectivity index (χ2v) is 6.49. The SMILES string of the molecule is CCCCCCC[C@@H]1CC[C@@H]([C@@H](O)CCCCCC)O1. The second-order valence-electron chi connectivity index (χ2n) is 6.49. The van der Waals surface area contributed by atoms with Crippen molar-refractivity contribution >= 4 is 0 Å². The summed E-state index contributed by atoms with van der Waals surface area (Å²) in [7, 11) is 0. The molecule has 0 unspecified atom stereocenters. The lowest BCUT2D eigenvalue weighted by Crippen LogP contribution is -2.26. The Morgan fingerprint density at radius 3 is 2.25 bits per heavy atom. The van der Waals surface area contributed by atoms with Crippen LogP contribution in [-0.2, 0) is 4.74 Å². The minimum absolute atomic E-state index is 0.122. The summed E-state index contributed by atoms with van der Waals surface area (Å²) in [6, 6.07) is 0. The molecule has 1 rings (SSSR count). The highest BCUT2D eigenvalue weighted by atomic mass is 16.5. The third-order valence-electron chi connectivity index (χ3n) is 4.55. The molecule has 0 aromatic carbocycles. The third-order valence-corrected chi connectivity index (χ3v) is 4.55. The van der Waals surface area contributed by atoms with Gasteiger partial charge in [-0.05, 0) is 25.7 Å². The van der Waals surface area contributed by atoms with Gasteiger partial charge in [0.15, 0.2) is 0 Å². The average Bonchev–Trinajstić information content (AvgIpc) is 2.92. The first-order valence-corrected chi connectivity index (χ1v) is 9.11. The Balaban J connectivity index is 2.03. The largest absolute Gasteiger partial charge is 0.390 e. The zero-order valence-corrected chi connectivity index (χ0v) is 13.8. The maximum atomic E-state index is 10.2. The fourth-order valence-electron chi connectivity index (χ4n) is 3.17. The van der Waals surface area contributed by atoms with E-state index in [1.54, 1.807) is 0 Å². The van der Waals surface area contributed by atoms with E-state index < -0.39 is 0 Å². The van der Waals surface area contributed by atoms with Gasteiger partial charge in [-0.2, -0.15) is 0 Å². The van der Waals surface area contributed by atoms with Crippen molar-refractivity contribution in [2.45, 2.75) is 116 Å². The molecule has 0 bridgehead atoms. The van der Waals surface area contributed by atoms with E-state index in [2.05, 4.69) is 13.8 Å². The smallest absolute Gasteiger partial charge is 0.0838 e. The summed E-state index contributed by atoms with van der Waals surface area (Å²) in [5.74, 6) is 0. The van der Waals surface area contributed by atoms with Gasteiger partial charge < -0.3 is 9.84 Å². The van der Waals surface area contributed by atoms with E-state index in [1.165, 1.54) is 57.8 Å². The van der Waals surface area contributed by atoms with Crippen molar-refractivity contribution in [1.82, 2.24) is 0 Å². The van der Waals surface area contributed by atoms with Crippen LogP contribution in [0.1, 0.15) is 97.3 Å². The van der Waals surface area contributed by atoms with Crippen molar-refractivity contribution < 1.29 is 9.84 Å². The quantitative estimate of drug-likeness (QED) is 0.497. The molecule has 1 N–H and O–H groups in total. The van der Waals surface area contributed by atoms with Crippen molar-refractivity contribution in [3.8, 4) is 0 Å². The van der Waals surface area contributed by atoms with Gasteiger partial charge in [-0.25, -0.2) is 0 Å². The standard InChI is InChI=1S/C18H36O2/c1-3-5-7-9-10-12-16-14-15-18(20-16)17(19)13-11-8-6-4-2/h16-19H,3-15H2,1-2H3/t16-,17+,18+/m1/s1. The van der Waals surface area contributed by atoms with E-state index in [0.29, 0.717) is 6.10 Å². The van der Waals surface area contributed by atoms with Gasteiger partial charge in [-0.1, -0.05) is 71.6 Å². The highest BCUT2D eigenvalue weighted by Gasteiger charge is 2.29. The number of aliphatic hydroxyl groups excluding tert-OH is 1. The third kappa shape index (κ3) is 7.64. The molecule has 0 amide bonds. The zero-order chi connectivity index (χ0) is 14.6. The van der Waals surface area contributed by atoms with Gasteiger partial charge in [-0.3, -0.25) is 0 Å². The monoisotopic (exact) mass is 284 g/mol. The molecule has 0 saturated carbocycles. The molecule has 1 saturated heterocycles. The maximum absolute atomic E-state index is 10.2. The van der Waals surface area contributed by atoms with Gasteiger partial charge in [0, 0.05) is 0 Å². The highest BCUT2D eigenvalue weighted by Crippen LogP contribution is 2.27. The normalized spacial score (nSPS) is 24.1. The van der Waals surface area contributed by atoms with Crippen LogP contribution in [0.4, 0.5) is 0 Å². The van der Waals surface area contributed by atoms with Crippen LogP contribution in [0.5, 0.6) is 0 Å². The number of rotatable bonds is 12. The minimum Gasteiger partial charge on any atom is -0.390 e. The van der Waals surface area contributed by atoms with Crippen molar-refractivity contribution in [2.75, 3.05) is 0 Å². The van der Waals surface area contributed by atoms with E-state index >= 15 is 0 Å². The van der Waals surface area contributed by atoms with Crippen molar-refractivity contribution in [3.63, 3.8) is 0 Å². The fourth-order valence-corrected chi connectivity index (χ4v) is 3.17. The number of ether oxygens (including phenoxy) is 1. The topological polar surface area (TPSA) is 29.5 Å². The predicted octanol–water partition coefficient (Wildman–Crippen LogP) is 5.23. The molecule has 0 aromatic rings. The Kier molecular flexibility index (Phi) is 10.4. The Hall–Kier alpha value is -0.0800. The van der Waals surface area contributed by atoms with Crippen LogP contribution < -0.4 is 0 Å². The van der Waals surface area contributed by atoms with E-state index in [1.807, 2.05) is 0 Å². The number of hydrogen-bond acceptors (Lipinski definition) is 2. The summed E-state index contributed by atoms with van der Waals surface area (Å²) < 4.78 is 6.04. The molecule has 2 nitrogen and oxygen atoms in total. The maximum Gasteiger partial charge on any atom is 0.0838 e. The molecule has 0 aliphatic carbocycles. The van der Waals surface area contributed by atoms with Crippen LogP contribution >= 0.6 is 0 Å². The number of aliphatic hydroxyl groups is 1. The van der Waals surface area contributed by atoms with Crippen LogP contribution in [0.3, 0.4) is 0 Å². The summed E-state index contributed by atoms with van der Waals surface area (Å²) in [4.78, 5) is 0. The molecule has 1 aliphatic rings. The van der Waals surface area contributed by atoms with Crippen LogP contribution in [0.15, 0.2) is 0 Å².